The van der Waals surface area contributed by atoms with Crippen molar-refractivity contribution in [1.82, 2.24) is 5.32 Å². The number of hydrogen-bond donors (Lipinski definition) is 1. The maximum Gasteiger partial charge on any atom is 0.322 e. The number of benzene rings is 2. The van der Waals surface area contributed by atoms with Crippen molar-refractivity contribution in [2.75, 3.05) is 13.7 Å². The van der Waals surface area contributed by atoms with Crippen molar-refractivity contribution in [3.8, 4) is 0 Å². The van der Waals surface area contributed by atoms with Crippen LogP contribution < -0.4 is 5.32 Å². The number of ether oxygens (including phenoxy) is 2. The molecule has 0 spiro atoms. The van der Waals surface area contributed by atoms with Crippen molar-refractivity contribution in [3.05, 3.63) is 83.4 Å². The number of nitrogens with one attached hydrogen (secondary N) is 1. The van der Waals surface area contributed by atoms with Crippen molar-refractivity contribution in [2.45, 2.75) is 45.8 Å². The normalized spacial score (nSPS) is 28.1. The minimum Gasteiger partial charge on any atom is -0.468 e. The van der Waals surface area contributed by atoms with Gasteiger partial charge in [-0.2, -0.15) is 0 Å². The smallest absolute Gasteiger partial charge is 0.322 e. The van der Waals surface area contributed by atoms with Gasteiger partial charge in [-0.15, -0.1) is 0 Å². The summed E-state index contributed by atoms with van der Waals surface area (Å²) >= 11 is 0. The molecule has 1 heterocycles. The second-order valence-corrected chi connectivity index (χ2v) is 9.64. The Morgan fingerprint density at radius 3 is 2.32 bits per heavy atom. The Labute approximate surface area is 202 Å². The zero-order valence-corrected chi connectivity index (χ0v) is 20.3. The minimum absolute atomic E-state index is 0.0948. The molecule has 0 aromatic heterocycles. The van der Waals surface area contributed by atoms with Gasteiger partial charge in [0.1, 0.15) is 0 Å². The van der Waals surface area contributed by atoms with E-state index in [1.165, 1.54) is 12.7 Å². The molecule has 0 bridgehead atoms. The standard InChI is InChI=1S/C29H35NO4/c1-20-17-24(15-10-16-34-19-23-13-8-5-9-14-23)29(28(32)33-3)26(21(20)2)25(30-27(29)31)18-22-11-6-4-7-12-22/h4-9,11-14,17,21,24-26H,10,15-16,18-19H2,1-3H3,(H,30,31)/t21-,24+,25+,26+,29-/m1/s1. The summed E-state index contributed by atoms with van der Waals surface area (Å²) in [5.74, 6) is -0.903. The Bertz CT molecular complexity index is 1020. The Balaban J connectivity index is 1.53. The van der Waals surface area contributed by atoms with Crippen LogP contribution in [0.25, 0.3) is 0 Å². The number of rotatable bonds is 9. The average Bonchev–Trinajstić information content (AvgIpc) is 3.15. The molecule has 1 saturated heterocycles. The van der Waals surface area contributed by atoms with Crippen LogP contribution in [0.15, 0.2) is 72.3 Å². The Morgan fingerprint density at radius 2 is 1.68 bits per heavy atom. The largest absolute Gasteiger partial charge is 0.468 e. The summed E-state index contributed by atoms with van der Waals surface area (Å²) in [7, 11) is 1.39. The lowest BCUT2D eigenvalue weighted by Crippen LogP contribution is -2.53. The van der Waals surface area contributed by atoms with Gasteiger partial charge in [-0.3, -0.25) is 9.59 Å². The lowest BCUT2D eigenvalue weighted by atomic mass is 9.56. The van der Waals surface area contributed by atoms with Crippen molar-refractivity contribution < 1.29 is 19.1 Å². The molecule has 5 nitrogen and oxygen atoms in total. The maximum atomic E-state index is 13.6. The van der Waals surface area contributed by atoms with E-state index in [1.807, 2.05) is 48.5 Å². The van der Waals surface area contributed by atoms with E-state index in [9.17, 15) is 9.59 Å². The molecule has 5 heteroatoms. The zero-order valence-electron chi connectivity index (χ0n) is 20.3. The Kier molecular flexibility index (Phi) is 7.52. The number of methoxy groups -OCH3 is 1. The number of esters is 1. The highest BCUT2D eigenvalue weighted by Crippen LogP contribution is 2.55. The van der Waals surface area contributed by atoms with Gasteiger partial charge in [-0.25, -0.2) is 0 Å². The SMILES string of the molecule is COC(=O)[C@@]12C(=O)N[C@@H](Cc3ccccc3)[C@@H]1[C@H](C)C(C)=C[C@@H]2CCCOCc1ccccc1. The predicted octanol–water partition coefficient (Wildman–Crippen LogP) is 4.71. The third kappa shape index (κ3) is 4.54. The number of hydrogen-bond acceptors (Lipinski definition) is 4. The molecule has 2 aromatic rings. The first kappa shape index (κ1) is 24.2. The van der Waals surface area contributed by atoms with E-state index in [0.29, 0.717) is 26.1 Å². The maximum absolute atomic E-state index is 13.6. The van der Waals surface area contributed by atoms with Gasteiger partial charge in [-0.1, -0.05) is 79.2 Å². The highest BCUT2D eigenvalue weighted by molar-refractivity contribution is 6.06. The van der Waals surface area contributed by atoms with Crippen molar-refractivity contribution >= 4 is 11.9 Å². The molecular weight excluding hydrogens is 426 g/mol. The number of carbonyl (C=O) groups excluding carboxylic acids is 2. The van der Waals surface area contributed by atoms with Gasteiger partial charge in [0.05, 0.1) is 13.7 Å². The molecule has 5 atom stereocenters. The van der Waals surface area contributed by atoms with Crippen LogP contribution in [0.2, 0.25) is 0 Å². The van der Waals surface area contributed by atoms with Crippen LogP contribution in [0.1, 0.15) is 37.8 Å². The third-order valence-electron chi connectivity index (χ3n) is 7.69. The first-order chi connectivity index (χ1) is 16.5. The number of fused-ring (bicyclic) bond motifs is 1. The first-order valence-electron chi connectivity index (χ1n) is 12.2. The van der Waals surface area contributed by atoms with Gasteiger partial charge in [0, 0.05) is 24.5 Å². The van der Waals surface area contributed by atoms with Crippen LogP contribution in [0, 0.1) is 23.2 Å². The molecule has 4 rings (SSSR count). The van der Waals surface area contributed by atoms with Gasteiger partial charge in [0.2, 0.25) is 5.91 Å². The average molecular weight is 462 g/mol. The van der Waals surface area contributed by atoms with Crippen LogP contribution in [-0.2, 0) is 32.1 Å². The molecule has 2 aliphatic rings. The summed E-state index contributed by atoms with van der Waals surface area (Å²) < 4.78 is 11.2. The third-order valence-corrected chi connectivity index (χ3v) is 7.69. The van der Waals surface area contributed by atoms with Gasteiger partial charge in [0.15, 0.2) is 5.41 Å². The van der Waals surface area contributed by atoms with E-state index in [2.05, 4.69) is 37.4 Å². The fourth-order valence-electron chi connectivity index (χ4n) is 5.96. The van der Waals surface area contributed by atoms with Crippen LogP contribution in [-0.4, -0.2) is 31.6 Å². The highest BCUT2D eigenvalue weighted by atomic mass is 16.5. The van der Waals surface area contributed by atoms with Crippen molar-refractivity contribution in [3.63, 3.8) is 0 Å². The number of amides is 1. The topological polar surface area (TPSA) is 64.6 Å². The first-order valence-corrected chi connectivity index (χ1v) is 12.2. The van der Waals surface area contributed by atoms with Crippen LogP contribution in [0.5, 0.6) is 0 Å². The van der Waals surface area contributed by atoms with Crippen LogP contribution in [0.4, 0.5) is 0 Å². The monoisotopic (exact) mass is 461 g/mol. The molecule has 0 saturated carbocycles. The molecule has 1 amide bonds. The molecule has 0 radical (unpaired) electrons. The summed E-state index contributed by atoms with van der Waals surface area (Å²) in [6.45, 7) is 5.38. The van der Waals surface area contributed by atoms with Gasteiger partial charge < -0.3 is 14.8 Å². The molecule has 1 aliphatic carbocycles. The second kappa shape index (κ2) is 10.6. The Morgan fingerprint density at radius 1 is 1.03 bits per heavy atom. The molecule has 1 aliphatic heterocycles. The summed E-state index contributed by atoms with van der Waals surface area (Å²) in [6.07, 6.45) is 4.29. The van der Waals surface area contributed by atoms with Crippen LogP contribution in [0.3, 0.4) is 0 Å². The number of allylic oxidation sites excluding steroid dienone is 2. The summed E-state index contributed by atoms with van der Waals surface area (Å²) in [4.78, 5) is 27.0. The molecule has 180 valence electrons. The molecule has 1 N–H and O–H groups in total. The van der Waals surface area contributed by atoms with E-state index in [0.717, 1.165) is 17.5 Å². The molecular formula is C29H35NO4. The predicted molar refractivity (Wildman–Crippen MR) is 132 cm³/mol. The molecule has 0 unspecified atom stereocenters. The van der Waals surface area contributed by atoms with E-state index in [4.69, 9.17) is 9.47 Å². The fourth-order valence-corrected chi connectivity index (χ4v) is 5.96. The van der Waals surface area contributed by atoms with Crippen molar-refractivity contribution in [2.24, 2.45) is 23.2 Å². The van der Waals surface area contributed by atoms with E-state index in [1.54, 1.807) is 0 Å². The quantitative estimate of drug-likeness (QED) is 0.254. The number of carbonyl (C=O) groups is 2. The minimum atomic E-state index is -1.20. The zero-order chi connectivity index (χ0) is 24.1. The van der Waals surface area contributed by atoms with Gasteiger partial charge in [-0.05, 0) is 43.2 Å². The summed E-state index contributed by atoms with van der Waals surface area (Å²) in [5, 5.41) is 3.20. The molecule has 2 aromatic carbocycles. The molecule has 34 heavy (non-hydrogen) atoms. The van der Waals surface area contributed by atoms with Crippen LogP contribution >= 0.6 is 0 Å². The summed E-state index contributed by atoms with van der Waals surface area (Å²) in [5.41, 5.74) is 2.31. The highest BCUT2D eigenvalue weighted by Gasteiger charge is 2.66. The summed E-state index contributed by atoms with van der Waals surface area (Å²) in [6, 6.07) is 20.1. The van der Waals surface area contributed by atoms with E-state index >= 15 is 0 Å². The van der Waals surface area contributed by atoms with E-state index in [-0.39, 0.29) is 29.7 Å². The Hall–Kier alpha value is -2.92. The van der Waals surface area contributed by atoms with Gasteiger partial charge >= 0.3 is 5.97 Å². The van der Waals surface area contributed by atoms with Crippen molar-refractivity contribution in [1.29, 1.82) is 0 Å². The molecule has 1 fully saturated rings. The van der Waals surface area contributed by atoms with Gasteiger partial charge in [0.25, 0.3) is 0 Å². The fraction of sp³-hybridized carbons (Fsp3) is 0.448. The lowest BCUT2D eigenvalue weighted by molar-refractivity contribution is -0.165. The second-order valence-electron chi connectivity index (χ2n) is 9.64. The lowest BCUT2D eigenvalue weighted by Gasteiger charge is -2.44. The van der Waals surface area contributed by atoms with E-state index < -0.39 is 11.4 Å².